The first-order valence-electron chi connectivity index (χ1n) is 15.3. The molecule has 232 valence electrons. The van der Waals surface area contributed by atoms with Crippen LogP contribution in [0.2, 0.25) is 0 Å². The van der Waals surface area contributed by atoms with E-state index >= 15 is 0 Å². The fraction of sp³-hybridized carbons (Fsp3) is 0.229. The number of pyridine rings is 2. The number of aromatic nitrogens is 2. The van der Waals surface area contributed by atoms with Gasteiger partial charge in [-0.2, -0.15) is 5.26 Å². The van der Waals surface area contributed by atoms with E-state index in [2.05, 4.69) is 21.7 Å². The van der Waals surface area contributed by atoms with Gasteiger partial charge in [0, 0.05) is 53.2 Å². The lowest BCUT2D eigenvalue weighted by molar-refractivity contribution is 0.102. The number of aliphatic imine (C=N–C) groups is 1. The van der Waals surface area contributed by atoms with Gasteiger partial charge in [-0.15, -0.1) is 0 Å². The molecule has 1 aliphatic rings. The standard InChI is InChI=1S/C35H34B2N8O2/c1-20(2)45-19-29(33(46)32(31(45)16-39)21-3-5-24(36)6-4-21)35(47)44-26-7-8-27(30(37)14-26)28-13-22(17-43-34(28)40)23(15-38)18-42-25-9-11-41-12-10-25/h3-8,13-15,17-20,25,41H,9-12,38H2,1-2H3,(H2,40,43)(H,44,47). The summed E-state index contributed by atoms with van der Waals surface area (Å²) in [5, 5.41) is 16.1. The van der Waals surface area contributed by atoms with Gasteiger partial charge in [-0.05, 0) is 69.1 Å². The summed E-state index contributed by atoms with van der Waals surface area (Å²) in [5.41, 5.74) is 16.1. The molecule has 0 aliphatic carbocycles. The Bertz CT molecular complexity index is 1970. The summed E-state index contributed by atoms with van der Waals surface area (Å²) in [4.78, 5) is 36.4. The predicted octanol–water partition coefficient (Wildman–Crippen LogP) is 2.57. The van der Waals surface area contributed by atoms with E-state index in [-0.39, 0.29) is 34.7 Å². The molecular formula is C35H34B2N8O2. The minimum absolute atomic E-state index is 0.123. The number of piperidine rings is 1. The number of rotatable bonds is 8. The van der Waals surface area contributed by atoms with E-state index in [0.717, 1.165) is 31.5 Å². The van der Waals surface area contributed by atoms with Gasteiger partial charge < -0.3 is 26.7 Å². The zero-order valence-electron chi connectivity index (χ0n) is 26.3. The Morgan fingerprint density at radius 2 is 1.87 bits per heavy atom. The first-order valence-corrected chi connectivity index (χ1v) is 15.3. The Morgan fingerprint density at radius 3 is 2.51 bits per heavy atom. The van der Waals surface area contributed by atoms with Crippen LogP contribution in [0.25, 0.3) is 27.8 Å². The number of nitrogen functional groups attached to an aromatic ring is 1. The minimum Gasteiger partial charge on any atom is -0.404 e. The highest BCUT2D eigenvalue weighted by atomic mass is 16.2. The number of anilines is 2. The molecule has 0 unspecified atom stereocenters. The van der Waals surface area contributed by atoms with Crippen LogP contribution in [0, 0.1) is 11.3 Å². The number of benzene rings is 2. The predicted molar refractivity (Wildman–Crippen MR) is 191 cm³/mol. The molecule has 0 atom stereocenters. The smallest absolute Gasteiger partial charge is 0.261 e. The highest BCUT2D eigenvalue weighted by Crippen LogP contribution is 2.28. The monoisotopic (exact) mass is 620 g/mol. The first-order chi connectivity index (χ1) is 22.6. The zero-order chi connectivity index (χ0) is 33.7. The van der Waals surface area contributed by atoms with E-state index < -0.39 is 11.3 Å². The molecule has 1 saturated heterocycles. The quantitative estimate of drug-likeness (QED) is 0.174. The van der Waals surface area contributed by atoms with Crippen LogP contribution in [-0.2, 0) is 0 Å². The summed E-state index contributed by atoms with van der Waals surface area (Å²) >= 11 is 0. The summed E-state index contributed by atoms with van der Waals surface area (Å²) in [6.07, 6.45) is 8.22. The van der Waals surface area contributed by atoms with Crippen molar-refractivity contribution in [2.45, 2.75) is 38.8 Å². The molecule has 10 nitrogen and oxygen atoms in total. The fourth-order valence-corrected chi connectivity index (χ4v) is 5.52. The molecule has 12 heteroatoms. The maximum atomic E-state index is 13.7. The lowest BCUT2D eigenvalue weighted by Crippen LogP contribution is -2.29. The highest BCUT2D eigenvalue weighted by Gasteiger charge is 2.23. The molecule has 0 saturated carbocycles. The molecule has 0 spiro atoms. The third kappa shape index (κ3) is 7.21. The second kappa shape index (κ2) is 14.4. The van der Waals surface area contributed by atoms with Gasteiger partial charge in [0.25, 0.3) is 5.91 Å². The number of nitrogens with two attached hydrogens (primary N) is 2. The molecule has 4 radical (unpaired) electrons. The van der Waals surface area contributed by atoms with Crippen molar-refractivity contribution in [3.8, 4) is 28.3 Å². The van der Waals surface area contributed by atoms with Crippen molar-refractivity contribution in [3.63, 3.8) is 0 Å². The van der Waals surface area contributed by atoms with Crippen LogP contribution in [0.3, 0.4) is 0 Å². The number of carbonyl (C=O) groups excluding carboxylic acids is 1. The van der Waals surface area contributed by atoms with Crippen molar-refractivity contribution in [2.75, 3.05) is 24.1 Å². The van der Waals surface area contributed by atoms with Crippen molar-refractivity contribution < 1.29 is 4.79 Å². The number of hydrogen-bond donors (Lipinski definition) is 4. The topological polar surface area (TPSA) is 164 Å². The van der Waals surface area contributed by atoms with Crippen LogP contribution in [-0.4, -0.2) is 56.5 Å². The lowest BCUT2D eigenvalue weighted by Gasteiger charge is -2.19. The van der Waals surface area contributed by atoms with Gasteiger partial charge in [-0.25, -0.2) is 4.98 Å². The van der Waals surface area contributed by atoms with Gasteiger partial charge in [-0.3, -0.25) is 14.6 Å². The Labute approximate surface area is 276 Å². The number of amides is 1. The summed E-state index contributed by atoms with van der Waals surface area (Å²) in [5.74, 6) is -0.377. The van der Waals surface area contributed by atoms with Crippen molar-refractivity contribution in [2.24, 2.45) is 10.7 Å². The maximum Gasteiger partial charge on any atom is 0.261 e. The van der Waals surface area contributed by atoms with E-state index in [0.29, 0.717) is 38.9 Å². The SMILES string of the molecule is [B]c1ccc(-c2c(C#N)n(C(C)C)cc(C(=O)Nc3ccc(-c4cc(C(C=NC5CCNCC5)=CN)cnc4N)c([B])c3)c2=O)cc1. The Hall–Kier alpha value is -5.40. The normalized spacial score (nSPS) is 14.0. The molecule has 1 aliphatic heterocycles. The van der Waals surface area contributed by atoms with Crippen molar-refractivity contribution in [1.82, 2.24) is 14.9 Å². The Morgan fingerprint density at radius 1 is 1.15 bits per heavy atom. The van der Waals surface area contributed by atoms with Crippen LogP contribution in [0.1, 0.15) is 54.3 Å². The molecule has 0 bridgehead atoms. The second-order valence-corrected chi connectivity index (χ2v) is 11.6. The van der Waals surface area contributed by atoms with Gasteiger partial charge in [0.15, 0.2) is 0 Å². The molecule has 2 aromatic heterocycles. The number of nitrogens with one attached hydrogen (secondary N) is 2. The Balaban J connectivity index is 1.44. The lowest BCUT2D eigenvalue weighted by atomic mass is 9.86. The zero-order valence-corrected chi connectivity index (χ0v) is 26.3. The van der Waals surface area contributed by atoms with Crippen molar-refractivity contribution in [3.05, 3.63) is 94.2 Å². The molecule has 6 N–H and O–H groups in total. The summed E-state index contributed by atoms with van der Waals surface area (Å²) in [6.45, 7) is 5.59. The van der Waals surface area contributed by atoms with Gasteiger partial charge in [0.05, 0.1) is 11.6 Å². The Kier molecular flexibility index (Phi) is 10.1. The molecule has 47 heavy (non-hydrogen) atoms. The minimum atomic E-state index is -0.647. The number of nitrogens with zero attached hydrogens (tertiary/aromatic N) is 4. The largest absolute Gasteiger partial charge is 0.404 e. The molecule has 1 amide bonds. The van der Waals surface area contributed by atoms with Crippen LogP contribution in [0.5, 0.6) is 0 Å². The molecule has 1 fully saturated rings. The number of carbonyl (C=O) groups is 1. The average Bonchev–Trinajstić information content (AvgIpc) is 3.06. The third-order valence-electron chi connectivity index (χ3n) is 8.11. The van der Waals surface area contributed by atoms with Crippen molar-refractivity contribution >= 4 is 55.8 Å². The highest BCUT2D eigenvalue weighted by molar-refractivity contribution is 6.36. The van der Waals surface area contributed by atoms with Crippen LogP contribution in [0.15, 0.2) is 76.9 Å². The summed E-state index contributed by atoms with van der Waals surface area (Å²) in [7, 11) is 12.3. The van der Waals surface area contributed by atoms with Gasteiger partial charge in [0.2, 0.25) is 5.43 Å². The number of hydrogen-bond acceptors (Lipinski definition) is 8. The van der Waals surface area contributed by atoms with E-state index in [1.54, 1.807) is 59.4 Å². The first kappa shape index (κ1) is 33.0. The van der Waals surface area contributed by atoms with Gasteiger partial charge in [-0.1, -0.05) is 41.3 Å². The molecule has 2 aromatic carbocycles. The molecule has 3 heterocycles. The third-order valence-corrected chi connectivity index (χ3v) is 8.11. The maximum absolute atomic E-state index is 13.7. The number of nitriles is 1. The molecule has 5 rings (SSSR count). The van der Waals surface area contributed by atoms with Crippen LogP contribution < -0.4 is 38.5 Å². The number of allylic oxidation sites excluding steroid dienone is 1. The molecule has 4 aromatic rings. The second-order valence-electron chi connectivity index (χ2n) is 11.6. The van der Waals surface area contributed by atoms with Crippen LogP contribution in [0.4, 0.5) is 11.5 Å². The van der Waals surface area contributed by atoms with Crippen LogP contribution >= 0.6 is 0 Å². The van der Waals surface area contributed by atoms with Crippen molar-refractivity contribution in [1.29, 1.82) is 5.26 Å². The van der Waals surface area contributed by atoms with E-state index in [4.69, 9.17) is 32.2 Å². The van der Waals surface area contributed by atoms with Gasteiger partial charge in [0.1, 0.15) is 38.8 Å². The molecular weight excluding hydrogens is 586 g/mol. The van der Waals surface area contributed by atoms with E-state index in [1.165, 1.54) is 12.4 Å². The van der Waals surface area contributed by atoms with E-state index in [9.17, 15) is 14.9 Å². The van der Waals surface area contributed by atoms with Gasteiger partial charge >= 0.3 is 0 Å². The average molecular weight is 620 g/mol. The fourth-order valence-electron chi connectivity index (χ4n) is 5.52. The van der Waals surface area contributed by atoms with E-state index in [1.807, 2.05) is 19.9 Å². The summed E-state index contributed by atoms with van der Waals surface area (Å²) in [6, 6.07) is 15.6. The summed E-state index contributed by atoms with van der Waals surface area (Å²) < 4.78 is 1.61.